The van der Waals surface area contributed by atoms with Crippen LogP contribution in [0, 0.1) is 5.92 Å². The highest BCUT2D eigenvalue weighted by Gasteiger charge is 2.53. The number of hydrogen-bond donors (Lipinski definition) is 1. The molecule has 0 bridgehead atoms. The lowest BCUT2D eigenvalue weighted by Gasteiger charge is -2.43. The minimum absolute atomic E-state index is 0.00419. The first-order chi connectivity index (χ1) is 7.30. The van der Waals surface area contributed by atoms with Gasteiger partial charge in [0.2, 0.25) is 0 Å². The second-order valence-electron chi connectivity index (χ2n) is 6.10. The van der Waals surface area contributed by atoms with Crippen molar-refractivity contribution >= 4 is 5.97 Å². The normalized spacial score (nSPS) is 38.5. The lowest BCUT2D eigenvalue weighted by Crippen LogP contribution is -2.48. The van der Waals surface area contributed by atoms with Crippen molar-refractivity contribution in [1.82, 2.24) is 0 Å². The quantitative estimate of drug-likeness (QED) is 0.684. The molecule has 2 rings (SSSR count). The van der Waals surface area contributed by atoms with Gasteiger partial charge in [-0.15, -0.1) is 0 Å². The van der Waals surface area contributed by atoms with Crippen molar-refractivity contribution in [2.45, 2.75) is 57.3 Å². The van der Waals surface area contributed by atoms with Crippen LogP contribution < -0.4 is 5.73 Å². The summed E-state index contributed by atoms with van der Waals surface area (Å²) in [6, 6.07) is 0.139. The lowest BCUT2D eigenvalue weighted by atomic mass is 9.69. The third-order valence-electron chi connectivity index (χ3n) is 3.21. The Labute approximate surface area is 96.5 Å². The van der Waals surface area contributed by atoms with Gasteiger partial charge in [-0.05, 0) is 40.0 Å². The van der Waals surface area contributed by atoms with Crippen molar-refractivity contribution in [2.24, 2.45) is 11.7 Å². The zero-order valence-electron chi connectivity index (χ0n) is 10.3. The fraction of sp³-hybridized carbons (Fsp3) is 0.917. The van der Waals surface area contributed by atoms with Crippen LogP contribution in [-0.4, -0.2) is 29.8 Å². The first-order valence-corrected chi connectivity index (χ1v) is 5.92. The van der Waals surface area contributed by atoms with Gasteiger partial charge in [-0.3, -0.25) is 4.79 Å². The average molecular weight is 227 g/mol. The molecule has 1 saturated carbocycles. The summed E-state index contributed by atoms with van der Waals surface area (Å²) >= 11 is 0. The molecule has 4 nitrogen and oxygen atoms in total. The Kier molecular flexibility index (Phi) is 2.75. The summed E-state index contributed by atoms with van der Waals surface area (Å²) in [7, 11) is 0. The van der Waals surface area contributed by atoms with Gasteiger partial charge in [0.25, 0.3) is 0 Å². The van der Waals surface area contributed by atoms with Gasteiger partial charge in [0.05, 0.1) is 18.1 Å². The number of ether oxygens (including phenoxy) is 2. The number of rotatable bonds is 1. The summed E-state index contributed by atoms with van der Waals surface area (Å²) in [5.41, 5.74) is 5.30. The van der Waals surface area contributed by atoms with E-state index in [1.54, 1.807) is 0 Å². The maximum absolute atomic E-state index is 11.8. The zero-order valence-corrected chi connectivity index (χ0v) is 10.3. The summed E-state index contributed by atoms with van der Waals surface area (Å²) in [5.74, 6) is -0.0910. The van der Waals surface area contributed by atoms with Gasteiger partial charge in [0.1, 0.15) is 5.60 Å². The fourth-order valence-electron chi connectivity index (χ4n) is 2.55. The van der Waals surface area contributed by atoms with E-state index in [9.17, 15) is 4.79 Å². The Bertz CT molecular complexity index is 289. The number of carbonyl (C=O) groups excluding carboxylic acids is 1. The lowest BCUT2D eigenvalue weighted by molar-refractivity contribution is -0.176. The van der Waals surface area contributed by atoms with Crippen LogP contribution in [0.1, 0.15) is 40.0 Å². The van der Waals surface area contributed by atoms with Crippen LogP contribution in [-0.2, 0) is 14.3 Å². The van der Waals surface area contributed by atoms with Crippen molar-refractivity contribution in [2.75, 3.05) is 6.61 Å². The van der Waals surface area contributed by atoms with E-state index in [1.807, 2.05) is 20.8 Å². The monoisotopic (exact) mass is 227 g/mol. The minimum atomic E-state index is -0.396. The Morgan fingerprint density at radius 3 is 2.44 bits per heavy atom. The second-order valence-corrected chi connectivity index (χ2v) is 6.10. The zero-order chi connectivity index (χ0) is 12.0. The maximum atomic E-state index is 11.8. The molecule has 1 atom stereocenters. The summed E-state index contributed by atoms with van der Waals surface area (Å²) < 4.78 is 11.0. The molecule has 1 aliphatic carbocycles. The Balaban J connectivity index is 1.82. The molecule has 1 aliphatic heterocycles. The largest absolute Gasteiger partial charge is 0.460 e. The smallest absolute Gasteiger partial charge is 0.309 e. The maximum Gasteiger partial charge on any atom is 0.309 e. The first kappa shape index (κ1) is 11.9. The van der Waals surface area contributed by atoms with Gasteiger partial charge >= 0.3 is 5.97 Å². The van der Waals surface area contributed by atoms with E-state index in [0.29, 0.717) is 6.61 Å². The highest BCUT2D eigenvalue weighted by atomic mass is 16.6. The first-order valence-electron chi connectivity index (χ1n) is 5.92. The summed E-state index contributed by atoms with van der Waals surface area (Å²) in [5, 5.41) is 0. The van der Waals surface area contributed by atoms with E-state index in [1.165, 1.54) is 0 Å². The molecular formula is C12H21NO3. The Hall–Kier alpha value is -0.610. The molecule has 0 radical (unpaired) electrons. The number of hydrogen-bond acceptors (Lipinski definition) is 4. The van der Waals surface area contributed by atoms with Crippen molar-refractivity contribution in [3.63, 3.8) is 0 Å². The summed E-state index contributed by atoms with van der Waals surface area (Å²) in [6.07, 6.45) is 2.43. The second kappa shape index (κ2) is 3.70. The van der Waals surface area contributed by atoms with Crippen LogP contribution in [0.15, 0.2) is 0 Å². The molecule has 1 spiro atoms. The molecule has 2 aliphatic rings. The summed E-state index contributed by atoms with van der Waals surface area (Å²) in [6.45, 7) is 6.30. The van der Waals surface area contributed by atoms with Gasteiger partial charge in [0, 0.05) is 6.04 Å². The predicted octanol–water partition coefficient (Wildman–Crippen LogP) is 1.22. The van der Waals surface area contributed by atoms with Gasteiger partial charge < -0.3 is 15.2 Å². The Morgan fingerprint density at radius 1 is 1.38 bits per heavy atom. The molecule has 2 N–H and O–H groups in total. The van der Waals surface area contributed by atoms with Gasteiger partial charge in [0.15, 0.2) is 0 Å². The molecule has 4 heteroatoms. The molecule has 0 aromatic heterocycles. The van der Waals surface area contributed by atoms with E-state index in [4.69, 9.17) is 15.2 Å². The van der Waals surface area contributed by atoms with Crippen molar-refractivity contribution in [3.8, 4) is 0 Å². The molecule has 92 valence electrons. The van der Waals surface area contributed by atoms with E-state index < -0.39 is 5.60 Å². The van der Waals surface area contributed by atoms with Gasteiger partial charge in [-0.25, -0.2) is 0 Å². The van der Waals surface area contributed by atoms with E-state index in [2.05, 4.69) is 0 Å². The number of nitrogens with two attached hydrogens (primary N) is 1. The number of carbonyl (C=O) groups is 1. The molecular weight excluding hydrogens is 206 g/mol. The molecule has 0 aromatic rings. The van der Waals surface area contributed by atoms with Crippen molar-refractivity contribution < 1.29 is 14.3 Å². The third-order valence-corrected chi connectivity index (χ3v) is 3.21. The van der Waals surface area contributed by atoms with Crippen LogP contribution in [0.2, 0.25) is 0 Å². The van der Waals surface area contributed by atoms with Crippen LogP contribution in [0.25, 0.3) is 0 Å². The van der Waals surface area contributed by atoms with Crippen LogP contribution in [0.4, 0.5) is 0 Å². The molecule has 2 fully saturated rings. The highest BCUT2D eigenvalue weighted by molar-refractivity contribution is 5.74. The molecule has 16 heavy (non-hydrogen) atoms. The topological polar surface area (TPSA) is 61.5 Å². The predicted molar refractivity (Wildman–Crippen MR) is 59.8 cm³/mol. The standard InChI is InChI=1S/C12H21NO3/c1-11(2,3)16-10(14)8-4-12(5-8)6-9(13)7-15-12/h8-9H,4-7,13H2,1-3H3. The van der Waals surface area contributed by atoms with Gasteiger partial charge in [-0.2, -0.15) is 0 Å². The van der Waals surface area contributed by atoms with Crippen LogP contribution in [0.3, 0.4) is 0 Å². The van der Waals surface area contributed by atoms with E-state index in [-0.39, 0.29) is 23.5 Å². The SMILES string of the molecule is CC(C)(C)OC(=O)C1CC2(CC(N)CO2)C1. The highest BCUT2D eigenvalue weighted by Crippen LogP contribution is 2.47. The van der Waals surface area contributed by atoms with E-state index in [0.717, 1.165) is 19.3 Å². The average Bonchev–Trinajstić information content (AvgIpc) is 2.41. The molecule has 1 unspecified atom stereocenters. The third kappa shape index (κ3) is 2.38. The molecule has 1 saturated heterocycles. The number of esters is 1. The fourth-order valence-corrected chi connectivity index (χ4v) is 2.55. The van der Waals surface area contributed by atoms with Crippen LogP contribution in [0.5, 0.6) is 0 Å². The van der Waals surface area contributed by atoms with Crippen molar-refractivity contribution in [3.05, 3.63) is 0 Å². The molecule has 0 aromatic carbocycles. The molecule has 0 amide bonds. The van der Waals surface area contributed by atoms with Crippen LogP contribution >= 0.6 is 0 Å². The van der Waals surface area contributed by atoms with E-state index >= 15 is 0 Å². The Morgan fingerprint density at radius 2 is 2.00 bits per heavy atom. The summed E-state index contributed by atoms with van der Waals surface area (Å²) in [4.78, 5) is 11.8. The molecule has 1 heterocycles. The van der Waals surface area contributed by atoms with Crippen molar-refractivity contribution in [1.29, 1.82) is 0 Å². The minimum Gasteiger partial charge on any atom is -0.460 e. The van der Waals surface area contributed by atoms with Gasteiger partial charge in [-0.1, -0.05) is 0 Å².